The summed E-state index contributed by atoms with van der Waals surface area (Å²) in [5.41, 5.74) is 9.40. The standard InChI is InChI=1S/C25H17FN2O3S/c1-13(29)21-8-9-22(32-21)14-2-4-15(5-3-14)23-18(11-27)25(28)31-24-17-10-16(26)6-7-20(17)30-12-19(23)24/h2-10,23H,12,28H2,1H3. The van der Waals surface area contributed by atoms with Crippen LogP contribution in [-0.4, -0.2) is 12.4 Å². The second kappa shape index (κ2) is 7.66. The Hall–Kier alpha value is -3.89. The van der Waals surface area contributed by atoms with Gasteiger partial charge in [-0.05, 0) is 48.4 Å². The number of ketones is 1. The molecule has 5 nitrogen and oxygen atoms in total. The van der Waals surface area contributed by atoms with Crippen molar-refractivity contribution in [3.8, 4) is 22.3 Å². The number of fused-ring (bicyclic) bond motifs is 2. The lowest BCUT2D eigenvalue weighted by molar-refractivity contribution is 0.102. The van der Waals surface area contributed by atoms with E-state index in [0.29, 0.717) is 21.9 Å². The highest BCUT2D eigenvalue weighted by atomic mass is 32.1. The average Bonchev–Trinajstić information content (AvgIpc) is 3.29. The summed E-state index contributed by atoms with van der Waals surface area (Å²) in [5.74, 6) is 0.0900. The Balaban J connectivity index is 1.58. The van der Waals surface area contributed by atoms with Gasteiger partial charge in [-0.3, -0.25) is 4.79 Å². The van der Waals surface area contributed by atoms with Crippen LogP contribution in [0.3, 0.4) is 0 Å². The molecule has 1 atom stereocenters. The van der Waals surface area contributed by atoms with Gasteiger partial charge in [0.1, 0.15) is 35.6 Å². The number of thiophene rings is 1. The van der Waals surface area contributed by atoms with E-state index < -0.39 is 11.7 Å². The van der Waals surface area contributed by atoms with Crippen molar-refractivity contribution in [2.75, 3.05) is 6.61 Å². The molecule has 3 aromatic rings. The van der Waals surface area contributed by atoms with Crippen LogP contribution in [0.25, 0.3) is 16.2 Å². The van der Waals surface area contributed by atoms with Crippen LogP contribution in [0.4, 0.5) is 4.39 Å². The maximum Gasteiger partial charge on any atom is 0.205 e. The predicted molar refractivity (Wildman–Crippen MR) is 119 cm³/mol. The number of carbonyl (C=O) groups excluding carboxylic acids is 1. The number of carbonyl (C=O) groups is 1. The first-order valence-corrected chi connectivity index (χ1v) is 10.7. The maximum atomic E-state index is 13.9. The van der Waals surface area contributed by atoms with Crippen LogP contribution < -0.4 is 10.5 Å². The van der Waals surface area contributed by atoms with Crippen LogP contribution in [0.15, 0.2) is 71.6 Å². The normalized spacial score (nSPS) is 17.1. The van der Waals surface area contributed by atoms with Crippen LogP contribution >= 0.6 is 11.3 Å². The summed E-state index contributed by atoms with van der Waals surface area (Å²) in [6.45, 7) is 1.75. The van der Waals surface area contributed by atoms with Crippen LogP contribution in [0.1, 0.15) is 33.6 Å². The van der Waals surface area contributed by atoms with Crippen LogP contribution in [0.5, 0.6) is 5.75 Å². The highest BCUT2D eigenvalue weighted by Gasteiger charge is 2.37. The van der Waals surface area contributed by atoms with E-state index in [1.54, 1.807) is 13.0 Å². The van der Waals surface area contributed by atoms with Crippen molar-refractivity contribution in [3.05, 3.63) is 93.4 Å². The number of benzene rings is 2. The number of nitrogens with two attached hydrogens (primary N) is 1. The molecule has 0 bridgehead atoms. The van der Waals surface area contributed by atoms with Gasteiger partial charge in [-0.25, -0.2) is 4.39 Å². The third kappa shape index (κ3) is 3.26. The molecule has 5 rings (SSSR count). The fraction of sp³-hybridized carbons (Fsp3) is 0.120. The summed E-state index contributed by atoms with van der Waals surface area (Å²) < 4.78 is 25.5. The van der Waals surface area contributed by atoms with Crippen LogP contribution in [-0.2, 0) is 4.74 Å². The minimum absolute atomic E-state index is 0.00166. The zero-order valence-corrected chi connectivity index (χ0v) is 17.8. The first-order valence-electron chi connectivity index (χ1n) is 9.90. The summed E-state index contributed by atoms with van der Waals surface area (Å²) in [7, 11) is 0. The lowest BCUT2D eigenvalue weighted by Gasteiger charge is -2.33. The molecule has 2 N–H and O–H groups in total. The van der Waals surface area contributed by atoms with Gasteiger partial charge >= 0.3 is 0 Å². The number of Topliss-reactive ketones (excluding diaryl/α,β-unsaturated/α-hetero) is 1. The maximum absolute atomic E-state index is 13.9. The van der Waals surface area contributed by atoms with E-state index in [1.807, 2.05) is 36.4 Å². The Morgan fingerprint density at radius 2 is 1.97 bits per heavy atom. The zero-order chi connectivity index (χ0) is 22.4. The molecule has 0 saturated heterocycles. The van der Waals surface area contributed by atoms with Crippen LogP contribution in [0, 0.1) is 17.1 Å². The third-order valence-corrected chi connectivity index (χ3v) is 6.81. The summed E-state index contributed by atoms with van der Waals surface area (Å²) in [6.07, 6.45) is 0. The Bertz CT molecular complexity index is 1360. The molecule has 7 heteroatoms. The number of ether oxygens (including phenoxy) is 2. The lowest BCUT2D eigenvalue weighted by atomic mass is 9.81. The molecule has 1 unspecified atom stereocenters. The fourth-order valence-corrected chi connectivity index (χ4v) is 4.93. The van der Waals surface area contributed by atoms with E-state index in [0.717, 1.165) is 21.6 Å². The fourth-order valence-electron chi connectivity index (χ4n) is 4.03. The quantitative estimate of drug-likeness (QED) is 0.549. The lowest BCUT2D eigenvalue weighted by Crippen LogP contribution is -2.26. The minimum Gasteiger partial charge on any atom is -0.488 e. The Morgan fingerprint density at radius 1 is 1.19 bits per heavy atom. The van der Waals surface area contributed by atoms with E-state index in [2.05, 4.69) is 6.07 Å². The summed E-state index contributed by atoms with van der Waals surface area (Å²) in [5, 5.41) is 9.79. The molecule has 0 saturated carbocycles. The number of halogens is 1. The van der Waals surface area contributed by atoms with Crippen molar-refractivity contribution in [2.45, 2.75) is 12.8 Å². The molecule has 0 fully saturated rings. The van der Waals surface area contributed by atoms with Gasteiger partial charge in [0.15, 0.2) is 5.78 Å². The number of nitrogens with zero attached hydrogens (tertiary/aromatic N) is 1. The Morgan fingerprint density at radius 3 is 2.66 bits per heavy atom. The van der Waals surface area contributed by atoms with Crippen molar-refractivity contribution in [2.24, 2.45) is 5.73 Å². The molecule has 2 aromatic carbocycles. The molecule has 2 aliphatic rings. The van der Waals surface area contributed by atoms with E-state index in [-0.39, 0.29) is 23.8 Å². The molecular formula is C25H17FN2O3S. The molecule has 0 aliphatic carbocycles. The number of nitriles is 1. The summed E-state index contributed by atoms with van der Waals surface area (Å²) in [6, 6.07) is 17.9. The Labute approximate surface area is 187 Å². The van der Waals surface area contributed by atoms with Gasteiger partial charge < -0.3 is 15.2 Å². The molecule has 158 valence electrons. The number of hydrogen-bond acceptors (Lipinski definition) is 6. The molecule has 1 aromatic heterocycles. The van der Waals surface area contributed by atoms with Gasteiger partial charge in [0.25, 0.3) is 0 Å². The van der Waals surface area contributed by atoms with Crippen molar-refractivity contribution in [1.29, 1.82) is 5.26 Å². The van der Waals surface area contributed by atoms with Gasteiger partial charge in [-0.15, -0.1) is 11.3 Å². The average molecular weight is 444 g/mol. The molecule has 2 aliphatic heterocycles. The second-order valence-electron chi connectivity index (χ2n) is 7.55. The van der Waals surface area contributed by atoms with Crippen molar-refractivity contribution < 1.29 is 18.7 Å². The zero-order valence-electron chi connectivity index (χ0n) is 17.0. The molecule has 0 spiro atoms. The smallest absolute Gasteiger partial charge is 0.205 e. The highest BCUT2D eigenvalue weighted by Crippen LogP contribution is 2.47. The van der Waals surface area contributed by atoms with E-state index >= 15 is 0 Å². The van der Waals surface area contributed by atoms with Crippen LogP contribution in [0.2, 0.25) is 0 Å². The summed E-state index contributed by atoms with van der Waals surface area (Å²) >= 11 is 1.44. The van der Waals surface area contributed by atoms with Crippen molar-refractivity contribution in [3.63, 3.8) is 0 Å². The van der Waals surface area contributed by atoms with Gasteiger partial charge in [-0.2, -0.15) is 5.26 Å². The Kier molecular flexibility index (Phi) is 4.80. The first-order chi connectivity index (χ1) is 15.5. The third-order valence-electron chi connectivity index (χ3n) is 5.58. The summed E-state index contributed by atoms with van der Waals surface area (Å²) in [4.78, 5) is 13.3. The van der Waals surface area contributed by atoms with E-state index in [1.165, 1.54) is 23.5 Å². The minimum atomic E-state index is -0.467. The van der Waals surface area contributed by atoms with Crippen molar-refractivity contribution >= 4 is 22.9 Å². The largest absolute Gasteiger partial charge is 0.488 e. The molecular weight excluding hydrogens is 427 g/mol. The van der Waals surface area contributed by atoms with Crippen molar-refractivity contribution in [1.82, 2.24) is 0 Å². The number of rotatable bonds is 3. The van der Waals surface area contributed by atoms with E-state index in [4.69, 9.17) is 15.2 Å². The SMILES string of the molecule is CC(=O)c1ccc(-c2ccc(C3C(C#N)=C(N)OC4=C3COc3ccc(F)cc34)cc2)s1. The van der Waals surface area contributed by atoms with Gasteiger partial charge in [0.05, 0.1) is 16.4 Å². The van der Waals surface area contributed by atoms with Gasteiger partial charge in [0, 0.05) is 10.5 Å². The number of hydrogen-bond donors (Lipinski definition) is 1. The predicted octanol–water partition coefficient (Wildman–Crippen LogP) is 5.37. The first kappa shape index (κ1) is 20.0. The van der Waals surface area contributed by atoms with Gasteiger partial charge in [-0.1, -0.05) is 24.3 Å². The molecule has 0 radical (unpaired) electrons. The second-order valence-corrected chi connectivity index (χ2v) is 8.63. The highest BCUT2D eigenvalue weighted by molar-refractivity contribution is 7.17. The number of allylic oxidation sites excluding steroid dienone is 1. The molecule has 3 heterocycles. The monoisotopic (exact) mass is 444 g/mol. The van der Waals surface area contributed by atoms with E-state index in [9.17, 15) is 14.4 Å². The topological polar surface area (TPSA) is 85.3 Å². The van der Waals surface area contributed by atoms with Gasteiger partial charge in [0.2, 0.25) is 5.88 Å². The molecule has 32 heavy (non-hydrogen) atoms. The molecule has 0 amide bonds.